The lowest BCUT2D eigenvalue weighted by atomic mass is 10.2. The molecule has 0 fully saturated rings. The molecule has 0 aliphatic rings. The van der Waals surface area contributed by atoms with Crippen molar-refractivity contribution in [3.63, 3.8) is 0 Å². The number of nitriles is 1. The third kappa shape index (κ3) is 1.73. The predicted octanol–water partition coefficient (Wildman–Crippen LogP) is 0.952. The fraction of sp³-hybridized carbons (Fsp3) is 0. The second kappa shape index (κ2) is 3.55. The van der Waals surface area contributed by atoms with Crippen LogP contribution in [-0.2, 0) is 0 Å². The van der Waals surface area contributed by atoms with Crippen LogP contribution >= 0.6 is 11.3 Å². The zero-order chi connectivity index (χ0) is 10.8. The van der Waals surface area contributed by atoms with E-state index in [4.69, 9.17) is 11.0 Å². The first-order chi connectivity index (χ1) is 7.20. The molecular formula is C9H6N4OS. The van der Waals surface area contributed by atoms with E-state index < -0.39 is 0 Å². The van der Waals surface area contributed by atoms with Crippen molar-refractivity contribution in [1.82, 2.24) is 9.97 Å². The molecule has 15 heavy (non-hydrogen) atoms. The largest absolute Gasteiger partial charge is 0.375 e. The number of nitrogens with two attached hydrogens (primary N) is 1. The van der Waals surface area contributed by atoms with Crippen molar-refractivity contribution < 1.29 is 0 Å². The second-order valence-electron chi connectivity index (χ2n) is 2.78. The average Bonchev–Trinajstić information content (AvgIpc) is 2.59. The molecule has 0 unspecified atom stereocenters. The van der Waals surface area contributed by atoms with Crippen LogP contribution in [0.3, 0.4) is 0 Å². The van der Waals surface area contributed by atoms with Crippen LogP contribution in [0.15, 0.2) is 23.1 Å². The molecule has 5 nitrogen and oxygen atoms in total. The van der Waals surface area contributed by atoms with Crippen LogP contribution in [0.2, 0.25) is 0 Å². The summed E-state index contributed by atoms with van der Waals surface area (Å²) in [4.78, 5) is 18.4. The van der Waals surface area contributed by atoms with Gasteiger partial charge in [0.2, 0.25) is 0 Å². The summed E-state index contributed by atoms with van der Waals surface area (Å²) in [5.41, 5.74) is 6.29. The number of hydrogen-bond acceptors (Lipinski definition) is 5. The molecule has 2 aromatic heterocycles. The Bertz CT molecular complexity index is 593. The third-order valence-electron chi connectivity index (χ3n) is 1.77. The number of hydrogen-bond donors (Lipinski definition) is 2. The fourth-order valence-corrected chi connectivity index (χ4v) is 1.82. The molecule has 0 spiro atoms. The van der Waals surface area contributed by atoms with E-state index in [2.05, 4.69) is 9.97 Å². The van der Waals surface area contributed by atoms with Crippen LogP contribution in [-0.4, -0.2) is 9.97 Å². The molecule has 0 saturated carbocycles. The maximum atomic E-state index is 11.1. The van der Waals surface area contributed by atoms with E-state index in [9.17, 15) is 4.79 Å². The lowest BCUT2D eigenvalue weighted by molar-refractivity contribution is 1.26. The van der Waals surface area contributed by atoms with Gasteiger partial charge in [0.25, 0.3) is 0 Å². The van der Waals surface area contributed by atoms with Gasteiger partial charge in [0, 0.05) is 18.3 Å². The molecule has 3 N–H and O–H groups in total. The van der Waals surface area contributed by atoms with Crippen molar-refractivity contribution in [2.75, 3.05) is 5.73 Å². The minimum atomic E-state index is -0.140. The molecule has 0 saturated heterocycles. The van der Waals surface area contributed by atoms with Crippen molar-refractivity contribution in [3.05, 3.63) is 33.4 Å². The SMILES string of the molecule is N#Cc1sc(N)nc1-c1cc(=O)cc[nH]1. The molecule has 0 radical (unpaired) electrons. The van der Waals surface area contributed by atoms with E-state index in [0.717, 1.165) is 11.3 Å². The number of aromatic amines is 1. The predicted molar refractivity (Wildman–Crippen MR) is 57.3 cm³/mol. The van der Waals surface area contributed by atoms with Crippen LogP contribution in [0.5, 0.6) is 0 Å². The van der Waals surface area contributed by atoms with E-state index in [1.54, 1.807) is 0 Å². The number of aromatic nitrogens is 2. The number of rotatable bonds is 1. The molecule has 0 aliphatic carbocycles. The van der Waals surface area contributed by atoms with E-state index in [-0.39, 0.29) is 5.43 Å². The minimum Gasteiger partial charge on any atom is -0.375 e. The highest BCUT2D eigenvalue weighted by Gasteiger charge is 2.11. The number of thiazole rings is 1. The molecule has 0 aromatic carbocycles. The first-order valence-corrected chi connectivity index (χ1v) is 4.88. The number of H-pyrrole nitrogens is 1. The Hall–Kier alpha value is -2.13. The van der Waals surface area contributed by atoms with Crippen molar-refractivity contribution in [2.24, 2.45) is 0 Å². The highest BCUT2D eigenvalue weighted by molar-refractivity contribution is 7.16. The zero-order valence-corrected chi connectivity index (χ0v) is 8.34. The van der Waals surface area contributed by atoms with E-state index in [0.29, 0.717) is 21.4 Å². The molecule has 2 aromatic rings. The Kier molecular flexibility index (Phi) is 2.23. The first kappa shape index (κ1) is 9.43. The number of nitrogens with one attached hydrogen (secondary N) is 1. The number of nitrogen functional groups attached to an aromatic ring is 1. The Morgan fingerprint density at radius 2 is 2.40 bits per heavy atom. The summed E-state index contributed by atoms with van der Waals surface area (Å²) in [6.07, 6.45) is 1.51. The van der Waals surface area contributed by atoms with Gasteiger partial charge >= 0.3 is 0 Å². The van der Waals surface area contributed by atoms with Gasteiger partial charge in [-0.2, -0.15) is 5.26 Å². The Labute approximate surface area is 88.8 Å². The summed E-state index contributed by atoms with van der Waals surface area (Å²) in [7, 11) is 0. The molecule has 0 amide bonds. The van der Waals surface area contributed by atoms with Crippen LogP contribution in [0.4, 0.5) is 5.13 Å². The highest BCUT2D eigenvalue weighted by Crippen LogP contribution is 2.26. The van der Waals surface area contributed by atoms with Crippen LogP contribution < -0.4 is 11.2 Å². The smallest absolute Gasteiger partial charge is 0.182 e. The summed E-state index contributed by atoms with van der Waals surface area (Å²) >= 11 is 1.10. The van der Waals surface area contributed by atoms with Gasteiger partial charge in [-0.15, -0.1) is 0 Å². The fourth-order valence-electron chi connectivity index (χ4n) is 1.18. The molecule has 2 heterocycles. The molecular weight excluding hydrogens is 212 g/mol. The lowest BCUT2D eigenvalue weighted by Crippen LogP contribution is -1.98. The summed E-state index contributed by atoms with van der Waals surface area (Å²) < 4.78 is 0. The van der Waals surface area contributed by atoms with Crippen LogP contribution in [0.1, 0.15) is 4.88 Å². The van der Waals surface area contributed by atoms with Gasteiger partial charge in [0.1, 0.15) is 16.6 Å². The van der Waals surface area contributed by atoms with Gasteiger partial charge in [-0.25, -0.2) is 4.98 Å². The van der Waals surface area contributed by atoms with Gasteiger partial charge in [-0.1, -0.05) is 11.3 Å². The van der Waals surface area contributed by atoms with Gasteiger partial charge in [0.15, 0.2) is 10.6 Å². The minimum absolute atomic E-state index is 0.140. The third-order valence-corrected chi connectivity index (χ3v) is 2.56. The number of pyridine rings is 1. The maximum Gasteiger partial charge on any atom is 0.182 e. The van der Waals surface area contributed by atoms with Gasteiger partial charge in [-0.05, 0) is 0 Å². The molecule has 2 rings (SSSR count). The van der Waals surface area contributed by atoms with Crippen molar-refractivity contribution in [1.29, 1.82) is 5.26 Å². The van der Waals surface area contributed by atoms with E-state index >= 15 is 0 Å². The van der Waals surface area contributed by atoms with Crippen LogP contribution in [0.25, 0.3) is 11.4 Å². The monoisotopic (exact) mass is 218 g/mol. The summed E-state index contributed by atoms with van der Waals surface area (Å²) in [5.74, 6) is 0. The zero-order valence-electron chi connectivity index (χ0n) is 7.52. The Morgan fingerprint density at radius 3 is 3.07 bits per heavy atom. The van der Waals surface area contributed by atoms with Crippen molar-refractivity contribution in [2.45, 2.75) is 0 Å². The van der Waals surface area contributed by atoms with Gasteiger partial charge in [0.05, 0.1) is 5.69 Å². The van der Waals surface area contributed by atoms with E-state index in [1.165, 1.54) is 18.3 Å². The first-order valence-electron chi connectivity index (χ1n) is 4.06. The molecule has 0 aliphatic heterocycles. The molecule has 6 heteroatoms. The number of anilines is 1. The van der Waals surface area contributed by atoms with Gasteiger partial charge < -0.3 is 10.7 Å². The van der Waals surface area contributed by atoms with Gasteiger partial charge in [-0.3, -0.25) is 4.79 Å². The Balaban J connectivity index is 2.64. The van der Waals surface area contributed by atoms with Crippen molar-refractivity contribution >= 4 is 16.5 Å². The molecule has 0 atom stereocenters. The summed E-state index contributed by atoms with van der Waals surface area (Å²) in [6.45, 7) is 0. The Morgan fingerprint density at radius 1 is 1.60 bits per heavy atom. The standard InChI is InChI=1S/C9H6N4OS/c10-4-7-8(13-9(11)15-7)6-3-5(14)1-2-12-6/h1-3H,(H2,11,13)(H,12,14). The lowest BCUT2D eigenvalue weighted by Gasteiger charge is -1.95. The summed E-state index contributed by atoms with van der Waals surface area (Å²) in [6, 6.07) is 4.77. The van der Waals surface area contributed by atoms with Crippen LogP contribution in [0, 0.1) is 11.3 Å². The summed E-state index contributed by atoms with van der Waals surface area (Å²) in [5, 5.41) is 9.15. The topological polar surface area (TPSA) is 95.6 Å². The normalized spacial score (nSPS) is 9.80. The molecule has 0 bridgehead atoms. The second-order valence-corrected chi connectivity index (χ2v) is 3.81. The number of nitrogens with zero attached hydrogens (tertiary/aromatic N) is 2. The highest BCUT2D eigenvalue weighted by atomic mass is 32.1. The maximum absolute atomic E-state index is 11.1. The van der Waals surface area contributed by atoms with E-state index in [1.807, 2.05) is 6.07 Å². The molecule has 74 valence electrons. The quantitative estimate of drug-likeness (QED) is 0.744. The van der Waals surface area contributed by atoms with Crippen molar-refractivity contribution in [3.8, 4) is 17.5 Å². The average molecular weight is 218 g/mol.